The molecule has 17 heavy (non-hydrogen) atoms. The number of anilines is 1. The van der Waals surface area contributed by atoms with Crippen molar-refractivity contribution in [3.05, 3.63) is 47.9 Å². The van der Waals surface area contributed by atoms with Gasteiger partial charge in [-0.15, -0.1) is 0 Å². The van der Waals surface area contributed by atoms with Crippen LogP contribution in [-0.4, -0.2) is 15.7 Å². The van der Waals surface area contributed by atoms with E-state index in [9.17, 15) is 9.18 Å². The van der Waals surface area contributed by atoms with Crippen molar-refractivity contribution >= 4 is 11.7 Å². The average molecular weight is 233 g/mol. The lowest BCUT2D eigenvalue weighted by Gasteiger charge is -2.02. The summed E-state index contributed by atoms with van der Waals surface area (Å²) in [7, 11) is 0. The van der Waals surface area contributed by atoms with Crippen LogP contribution in [0.1, 0.15) is 17.3 Å². The number of carbonyl (C=O) groups excluding carboxylic acids is 1. The molecule has 0 saturated carbocycles. The maximum atomic E-state index is 13.3. The average Bonchev–Trinajstić information content (AvgIpc) is 2.77. The molecule has 2 aromatic rings. The number of nitrogens with one attached hydrogen (secondary N) is 1. The summed E-state index contributed by atoms with van der Waals surface area (Å²) in [6.45, 7) is 2.66. The van der Waals surface area contributed by atoms with Gasteiger partial charge in [0.15, 0.2) is 5.82 Å². The third-order valence-corrected chi connectivity index (χ3v) is 2.32. The summed E-state index contributed by atoms with van der Waals surface area (Å²) < 4.78 is 15.0. The molecule has 0 fully saturated rings. The highest BCUT2D eigenvalue weighted by Gasteiger charge is 2.11. The van der Waals surface area contributed by atoms with Crippen molar-refractivity contribution in [2.45, 2.75) is 13.5 Å². The van der Waals surface area contributed by atoms with Gasteiger partial charge in [0.05, 0.1) is 5.56 Å². The van der Waals surface area contributed by atoms with E-state index in [1.807, 2.05) is 6.92 Å². The van der Waals surface area contributed by atoms with E-state index in [0.717, 1.165) is 6.54 Å². The van der Waals surface area contributed by atoms with Gasteiger partial charge in [-0.25, -0.2) is 4.39 Å². The van der Waals surface area contributed by atoms with Crippen molar-refractivity contribution in [1.82, 2.24) is 9.78 Å². The Bertz CT molecular complexity index is 536. The SMILES string of the molecule is CCn1ccc(NC(=O)c2ccccc2F)n1. The summed E-state index contributed by atoms with van der Waals surface area (Å²) in [6, 6.07) is 7.50. The number of halogens is 1. The smallest absolute Gasteiger partial charge is 0.259 e. The molecule has 1 aromatic carbocycles. The van der Waals surface area contributed by atoms with Gasteiger partial charge < -0.3 is 5.32 Å². The summed E-state index contributed by atoms with van der Waals surface area (Å²) in [5, 5.41) is 6.63. The number of amides is 1. The molecule has 0 bridgehead atoms. The molecule has 5 heteroatoms. The third kappa shape index (κ3) is 2.50. The first kappa shape index (κ1) is 11.3. The Hall–Kier alpha value is -2.17. The van der Waals surface area contributed by atoms with Gasteiger partial charge in [-0.1, -0.05) is 12.1 Å². The van der Waals surface area contributed by atoms with Crippen LogP contribution in [0.2, 0.25) is 0 Å². The highest BCUT2D eigenvalue weighted by molar-refractivity contribution is 6.03. The maximum absolute atomic E-state index is 13.3. The van der Waals surface area contributed by atoms with Gasteiger partial charge in [0.1, 0.15) is 5.82 Å². The van der Waals surface area contributed by atoms with Crippen LogP contribution in [0.15, 0.2) is 36.5 Å². The van der Waals surface area contributed by atoms with Crippen LogP contribution in [0.4, 0.5) is 10.2 Å². The fraction of sp³-hybridized carbons (Fsp3) is 0.167. The van der Waals surface area contributed by atoms with E-state index in [-0.39, 0.29) is 5.56 Å². The molecular weight excluding hydrogens is 221 g/mol. The molecule has 4 nitrogen and oxygen atoms in total. The van der Waals surface area contributed by atoms with E-state index in [0.29, 0.717) is 5.82 Å². The standard InChI is InChI=1S/C12H12FN3O/c1-2-16-8-7-11(15-16)14-12(17)9-5-3-4-6-10(9)13/h3-8H,2H2,1H3,(H,14,15,17). The molecule has 1 aromatic heterocycles. The lowest BCUT2D eigenvalue weighted by atomic mass is 10.2. The Kier molecular flexibility index (Phi) is 3.18. The van der Waals surface area contributed by atoms with Gasteiger partial charge in [-0.3, -0.25) is 9.48 Å². The van der Waals surface area contributed by atoms with Crippen LogP contribution < -0.4 is 5.32 Å². The van der Waals surface area contributed by atoms with E-state index in [1.54, 1.807) is 23.0 Å². The quantitative estimate of drug-likeness (QED) is 0.884. The van der Waals surface area contributed by atoms with Crippen molar-refractivity contribution < 1.29 is 9.18 Å². The molecule has 1 heterocycles. The van der Waals surface area contributed by atoms with E-state index < -0.39 is 11.7 Å². The zero-order valence-electron chi connectivity index (χ0n) is 9.35. The molecule has 0 unspecified atom stereocenters. The second-order valence-electron chi connectivity index (χ2n) is 3.49. The van der Waals surface area contributed by atoms with Crippen LogP contribution in [0.5, 0.6) is 0 Å². The number of hydrogen-bond acceptors (Lipinski definition) is 2. The van der Waals surface area contributed by atoms with Crippen LogP contribution in [0.25, 0.3) is 0 Å². The second kappa shape index (κ2) is 4.78. The number of aryl methyl sites for hydroxylation is 1. The molecule has 1 N–H and O–H groups in total. The zero-order chi connectivity index (χ0) is 12.3. The topological polar surface area (TPSA) is 46.9 Å². The summed E-state index contributed by atoms with van der Waals surface area (Å²) in [5.41, 5.74) is 0.0125. The van der Waals surface area contributed by atoms with Crippen LogP contribution in [0.3, 0.4) is 0 Å². The lowest BCUT2D eigenvalue weighted by molar-refractivity contribution is 0.102. The first-order chi connectivity index (χ1) is 8.20. The van der Waals surface area contributed by atoms with E-state index in [1.165, 1.54) is 18.2 Å². The molecule has 0 spiro atoms. The van der Waals surface area contributed by atoms with Crippen molar-refractivity contribution in [2.24, 2.45) is 0 Å². The molecule has 0 aliphatic carbocycles. The van der Waals surface area contributed by atoms with Crippen molar-refractivity contribution in [3.8, 4) is 0 Å². The largest absolute Gasteiger partial charge is 0.305 e. The van der Waals surface area contributed by atoms with Gasteiger partial charge in [0, 0.05) is 18.8 Å². The van der Waals surface area contributed by atoms with Gasteiger partial charge in [-0.05, 0) is 19.1 Å². The van der Waals surface area contributed by atoms with Crippen molar-refractivity contribution in [1.29, 1.82) is 0 Å². The fourth-order valence-electron chi connectivity index (χ4n) is 1.43. The zero-order valence-corrected chi connectivity index (χ0v) is 9.35. The number of benzene rings is 1. The minimum absolute atomic E-state index is 0.0125. The second-order valence-corrected chi connectivity index (χ2v) is 3.49. The van der Waals surface area contributed by atoms with Crippen LogP contribution in [-0.2, 0) is 6.54 Å². The molecule has 88 valence electrons. The molecule has 2 rings (SSSR count). The number of nitrogens with zero attached hydrogens (tertiary/aromatic N) is 2. The molecule has 1 amide bonds. The summed E-state index contributed by atoms with van der Waals surface area (Å²) >= 11 is 0. The van der Waals surface area contributed by atoms with E-state index >= 15 is 0 Å². The summed E-state index contributed by atoms with van der Waals surface area (Å²) in [4.78, 5) is 11.7. The molecule has 0 saturated heterocycles. The number of rotatable bonds is 3. The summed E-state index contributed by atoms with van der Waals surface area (Å²) in [6.07, 6.45) is 1.75. The Morgan fingerprint density at radius 2 is 2.18 bits per heavy atom. The van der Waals surface area contributed by atoms with Crippen LogP contribution >= 0.6 is 0 Å². The number of aromatic nitrogens is 2. The highest BCUT2D eigenvalue weighted by Crippen LogP contribution is 2.10. The Labute approximate surface area is 98.1 Å². The maximum Gasteiger partial charge on any atom is 0.259 e. The highest BCUT2D eigenvalue weighted by atomic mass is 19.1. The van der Waals surface area contributed by atoms with Gasteiger partial charge >= 0.3 is 0 Å². The van der Waals surface area contributed by atoms with Gasteiger partial charge in [0.2, 0.25) is 0 Å². The van der Waals surface area contributed by atoms with Crippen molar-refractivity contribution in [2.75, 3.05) is 5.32 Å². The fourth-order valence-corrected chi connectivity index (χ4v) is 1.43. The monoisotopic (exact) mass is 233 g/mol. The van der Waals surface area contributed by atoms with Gasteiger partial charge in [0.25, 0.3) is 5.91 Å². The summed E-state index contributed by atoms with van der Waals surface area (Å²) in [5.74, 6) is -0.621. The Morgan fingerprint density at radius 3 is 2.82 bits per heavy atom. The first-order valence-corrected chi connectivity index (χ1v) is 5.30. The Morgan fingerprint density at radius 1 is 1.41 bits per heavy atom. The molecule has 0 aliphatic rings. The molecular formula is C12H12FN3O. The minimum atomic E-state index is -0.542. The predicted molar refractivity (Wildman–Crippen MR) is 62.3 cm³/mol. The van der Waals surface area contributed by atoms with E-state index in [2.05, 4.69) is 10.4 Å². The normalized spacial score (nSPS) is 10.2. The predicted octanol–water partition coefficient (Wildman–Crippen LogP) is 2.29. The van der Waals surface area contributed by atoms with Crippen molar-refractivity contribution in [3.63, 3.8) is 0 Å². The minimum Gasteiger partial charge on any atom is -0.305 e. The first-order valence-electron chi connectivity index (χ1n) is 5.30. The van der Waals surface area contributed by atoms with Gasteiger partial charge in [-0.2, -0.15) is 5.10 Å². The Balaban J connectivity index is 2.14. The molecule has 0 atom stereocenters. The molecule has 0 radical (unpaired) electrons. The molecule has 0 aliphatic heterocycles. The number of carbonyl (C=O) groups is 1. The third-order valence-electron chi connectivity index (χ3n) is 2.32. The van der Waals surface area contributed by atoms with E-state index in [4.69, 9.17) is 0 Å². The number of hydrogen-bond donors (Lipinski definition) is 1. The lowest BCUT2D eigenvalue weighted by Crippen LogP contribution is -2.14. The van der Waals surface area contributed by atoms with Crippen LogP contribution in [0, 0.1) is 5.82 Å².